The molecular weight excluding hydrogens is 328 g/mol. The first kappa shape index (κ1) is 16.3. The van der Waals surface area contributed by atoms with Gasteiger partial charge in [0.15, 0.2) is 6.10 Å². The molecule has 0 radical (unpaired) electrons. The summed E-state index contributed by atoms with van der Waals surface area (Å²) in [5, 5.41) is 4.69. The van der Waals surface area contributed by atoms with E-state index >= 15 is 0 Å². The first-order valence-electron chi connectivity index (χ1n) is 7.65. The second-order valence-electron chi connectivity index (χ2n) is 5.32. The van der Waals surface area contributed by atoms with Crippen LogP contribution in [0, 0.1) is 0 Å². The van der Waals surface area contributed by atoms with E-state index in [-0.39, 0.29) is 5.91 Å². The number of rotatable bonds is 4. The van der Waals surface area contributed by atoms with Crippen molar-refractivity contribution in [1.29, 1.82) is 0 Å². The summed E-state index contributed by atoms with van der Waals surface area (Å²) in [6, 6.07) is 14.6. The standard InChI is InChI=1S/C18H17ClN2O3/c1-12(24-17-9-5-3-7-14(17)19)18(22)21-20-15-10-11-23-16-8-4-2-6-13(15)16/h2-9,12H,10-11H2,1H3,(H,21,22)/b20-15-/t12-/m0/s1. The molecule has 0 bridgehead atoms. The number of hydrogen-bond acceptors (Lipinski definition) is 4. The van der Waals surface area contributed by atoms with Crippen molar-refractivity contribution < 1.29 is 14.3 Å². The normalized spacial score (nSPS) is 16.0. The van der Waals surface area contributed by atoms with E-state index in [4.69, 9.17) is 21.1 Å². The van der Waals surface area contributed by atoms with Crippen LogP contribution in [0.3, 0.4) is 0 Å². The van der Waals surface area contributed by atoms with Crippen LogP contribution in [0.15, 0.2) is 53.6 Å². The summed E-state index contributed by atoms with van der Waals surface area (Å²) in [4.78, 5) is 12.2. The zero-order valence-electron chi connectivity index (χ0n) is 13.2. The van der Waals surface area contributed by atoms with Crippen molar-refractivity contribution >= 4 is 23.2 Å². The van der Waals surface area contributed by atoms with Crippen LogP contribution in [0.4, 0.5) is 0 Å². The van der Waals surface area contributed by atoms with Gasteiger partial charge in [-0.25, -0.2) is 5.43 Å². The Labute approximate surface area is 145 Å². The first-order chi connectivity index (χ1) is 11.6. The third kappa shape index (κ3) is 3.68. The lowest BCUT2D eigenvalue weighted by Crippen LogP contribution is -2.34. The van der Waals surface area contributed by atoms with Gasteiger partial charge in [0.1, 0.15) is 11.5 Å². The number of carbonyl (C=O) groups excluding carboxylic acids is 1. The summed E-state index contributed by atoms with van der Waals surface area (Å²) in [6.45, 7) is 2.19. The average molecular weight is 345 g/mol. The predicted molar refractivity (Wildman–Crippen MR) is 92.8 cm³/mol. The van der Waals surface area contributed by atoms with E-state index in [0.29, 0.717) is 23.8 Å². The maximum absolute atomic E-state index is 12.2. The lowest BCUT2D eigenvalue weighted by Gasteiger charge is -2.19. The van der Waals surface area contributed by atoms with Gasteiger partial charge in [-0.1, -0.05) is 35.9 Å². The molecule has 24 heavy (non-hydrogen) atoms. The van der Waals surface area contributed by atoms with Crippen molar-refractivity contribution in [2.45, 2.75) is 19.4 Å². The monoisotopic (exact) mass is 344 g/mol. The summed E-state index contributed by atoms with van der Waals surface area (Å²) >= 11 is 6.03. The second kappa shape index (κ2) is 7.36. The van der Waals surface area contributed by atoms with Gasteiger partial charge in [0.2, 0.25) is 0 Å². The van der Waals surface area contributed by atoms with Gasteiger partial charge < -0.3 is 9.47 Å². The highest BCUT2D eigenvalue weighted by Crippen LogP contribution is 2.25. The molecule has 0 fully saturated rings. The minimum atomic E-state index is -0.718. The summed E-state index contributed by atoms with van der Waals surface area (Å²) < 4.78 is 11.1. The summed E-state index contributed by atoms with van der Waals surface area (Å²) in [6.07, 6.45) is -0.0823. The molecule has 6 heteroatoms. The lowest BCUT2D eigenvalue weighted by molar-refractivity contribution is -0.127. The van der Waals surface area contributed by atoms with Crippen molar-refractivity contribution in [3.05, 3.63) is 59.1 Å². The van der Waals surface area contributed by atoms with E-state index in [2.05, 4.69) is 10.5 Å². The highest BCUT2D eigenvalue weighted by Gasteiger charge is 2.19. The number of para-hydroxylation sites is 2. The van der Waals surface area contributed by atoms with Gasteiger partial charge in [-0.3, -0.25) is 4.79 Å². The molecule has 3 rings (SSSR count). The largest absolute Gasteiger partial charge is 0.492 e. The molecule has 0 aromatic heterocycles. The molecule has 0 saturated carbocycles. The number of fused-ring (bicyclic) bond motifs is 1. The Morgan fingerprint density at radius 1 is 1.25 bits per heavy atom. The summed E-state index contributed by atoms with van der Waals surface area (Å²) in [5.41, 5.74) is 4.24. The minimum absolute atomic E-state index is 0.341. The molecule has 2 aromatic carbocycles. The van der Waals surface area contributed by atoms with E-state index in [0.717, 1.165) is 17.0 Å². The van der Waals surface area contributed by atoms with Crippen LogP contribution in [0.5, 0.6) is 11.5 Å². The molecule has 0 aliphatic carbocycles. The van der Waals surface area contributed by atoms with Crippen molar-refractivity contribution in [3.63, 3.8) is 0 Å². The lowest BCUT2D eigenvalue weighted by atomic mass is 10.0. The van der Waals surface area contributed by atoms with E-state index in [1.54, 1.807) is 31.2 Å². The molecule has 0 unspecified atom stereocenters. The van der Waals surface area contributed by atoms with Crippen molar-refractivity contribution in [3.8, 4) is 11.5 Å². The smallest absolute Gasteiger partial charge is 0.280 e. The third-order valence-corrected chi connectivity index (χ3v) is 3.92. The third-order valence-electron chi connectivity index (χ3n) is 3.61. The molecule has 0 spiro atoms. The Morgan fingerprint density at radius 2 is 2.00 bits per heavy atom. The van der Waals surface area contributed by atoms with E-state index < -0.39 is 6.10 Å². The van der Waals surface area contributed by atoms with Crippen molar-refractivity contribution in [1.82, 2.24) is 5.43 Å². The van der Waals surface area contributed by atoms with Crippen molar-refractivity contribution in [2.24, 2.45) is 5.10 Å². The number of benzene rings is 2. The number of nitrogens with zero attached hydrogens (tertiary/aromatic N) is 1. The Kier molecular flexibility index (Phi) is 5.01. The van der Waals surface area contributed by atoms with Gasteiger partial charge >= 0.3 is 0 Å². The fraction of sp³-hybridized carbons (Fsp3) is 0.222. The molecule has 1 aliphatic heterocycles. The van der Waals surface area contributed by atoms with Gasteiger partial charge in [0.25, 0.3) is 5.91 Å². The molecule has 1 heterocycles. The minimum Gasteiger partial charge on any atom is -0.492 e. The van der Waals surface area contributed by atoms with Gasteiger partial charge in [0.05, 0.1) is 17.3 Å². The van der Waals surface area contributed by atoms with Crippen LogP contribution in [-0.2, 0) is 4.79 Å². The fourth-order valence-electron chi connectivity index (χ4n) is 2.34. The van der Waals surface area contributed by atoms with Crippen molar-refractivity contribution in [2.75, 3.05) is 6.61 Å². The van der Waals surface area contributed by atoms with Crippen LogP contribution in [0.2, 0.25) is 5.02 Å². The van der Waals surface area contributed by atoms with E-state index in [1.807, 2.05) is 24.3 Å². The van der Waals surface area contributed by atoms with Crippen LogP contribution in [0.25, 0.3) is 0 Å². The summed E-state index contributed by atoms with van der Waals surface area (Å²) in [7, 11) is 0. The van der Waals surface area contributed by atoms with Crippen LogP contribution >= 0.6 is 11.6 Å². The number of hydrazone groups is 1. The molecule has 1 amide bonds. The Balaban J connectivity index is 1.66. The van der Waals surface area contributed by atoms with Gasteiger partial charge in [-0.2, -0.15) is 5.10 Å². The first-order valence-corrected chi connectivity index (χ1v) is 8.03. The van der Waals surface area contributed by atoms with E-state index in [9.17, 15) is 4.79 Å². The molecule has 124 valence electrons. The number of nitrogens with one attached hydrogen (secondary N) is 1. The molecule has 1 N–H and O–H groups in total. The molecule has 1 aliphatic rings. The highest BCUT2D eigenvalue weighted by molar-refractivity contribution is 6.32. The predicted octanol–water partition coefficient (Wildman–Crippen LogP) is 3.41. The van der Waals surface area contributed by atoms with E-state index in [1.165, 1.54) is 0 Å². The second-order valence-corrected chi connectivity index (χ2v) is 5.73. The van der Waals surface area contributed by atoms with Crippen LogP contribution < -0.4 is 14.9 Å². The van der Waals surface area contributed by atoms with Gasteiger partial charge in [-0.05, 0) is 31.2 Å². The summed E-state index contributed by atoms with van der Waals surface area (Å²) in [5.74, 6) is 0.898. The van der Waals surface area contributed by atoms with Crippen LogP contribution in [-0.4, -0.2) is 24.3 Å². The molecule has 5 nitrogen and oxygen atoms in total. The highest BCUT2D eigenvalue weighted by atomic mass is 35.5. The Hall–Kier alpha value is -2.53. The number of amides is 1. The molecule has 1 atom stereocenters. The number of halogens is 1. The maximum atomic E-state index is 12.2. The molecule has 0 saturated heterocycles. The van der Waals surface area contributed by atoms with Gasteiger partial charge in [-0.15, -0.1) is 0 Å². The maximum Gasteiger partial charge on any atom is 0.280 e. The van der Waals surface area contributed by atoms with Gasteiger partial charge in [0, 0.05) is 12.0 Å². The Morgan fingerprint density at radius 3 is 2.83 bits per heavy atom. The van der Waals surface area contributed by atoms with Crippen LogP contribution in [0.1, 0.15) is 18.9 Å². The fourth-order valence-corrected chi connectivity index (χ4v) is 2.52. The number of hydrogen-bond donors (Lipinski definition) is 1. The zero-order chi connectivity index (χ0) is 16.9. The molecular formula is C18H17ClN2O3. The SMILES string of the molecule is C[C@H](Oc1ccccc1Cl)C(=O)N/N=C1/CCOc2ccccc21. The average Bonchev–Trinajstić information content (AvgIpc) is 2.61. The number of ether oxygens (including phenoxy) is 2. The zero-order valence-corrected chi connectivity index (χ0v) is 13.9. The Bertz CT molecular complexity index is 776. The quantitative estimate of drug-likeness (QED) is 0.865. The topological polar surface area (TPSA) is 59.9 Å². The molecule has 2 aromatic rings. The number of carbonyl (C=O) groups is 1.